The van der Waals surface area contributed by atoms with Gasteiger partial charge in [0.05, 0.1) is 36.8 Å². The summed E-state index contributed by atoms with van der Waals surface area (Å²) >= 11 is 12.6. The molecule has 2 aliphatic heterocycles. The van der Waals surface area contributed by atoms with Crippen LogP contribution in [0.5, 0.6) is 0 Å². The molecule has 11 heteroatoms. The third-order valence-corrected chi connectivity index (χ3v) is 9.62. The van der Waals surface area contributed by atoms with Gasteiger partial charge in [-0.1, -0.05) is 61.3 Å². The molecule has 0 saturated carbocycles. The second kappa shape index (κ2) is 12.1. The van der Waals surface area contributed by atoms with E-state index >= 15 is 0 Å². The molecule has 8 nitrogen and oxygen atoms in total. The Balaban J connectivity index is 1.80. The Bertz CT molecular complexity index is 1300. The summed E-state index contributed by atoms with van der Waals surface area (Å²) < 4.78 is 34.2. The molecule has 0 radical (unpaired) electrons. The van der Waals surface area contributed by atoms with E-state index in [2.05, 4.69) is 4.72 Å². The molecule has 2 aliphatic rings. The fraction of sp³-hybridized carbons (Fsp3) is 0.500. The highest BCUT2D eigenvalue weighted by atomic mass is 35.5. The number of hydrogen-bond donors (Lipinski definition) is 2. The van der Waals surface area contributed by atoms with Crippen molar-refractivity contribution >= 4 is 45.1 Å². The minimum atomic E-state index is -3.76. The topological polar surface area (TPSA) is 113 Å². The number of halogens is 2. The van der Waals surface area contributed by atoms with Crippen molar-refractivity contribution in [3.8, 4) is 0 Å². The maximum atomic E-state index is 14.3. The molecule has 0 bridgehead atoms. The monoisotopic (exact) mass is 596 g/mol. The van der Waals surface area contributed by atoms with Gasteiger partial charge in [-0.15, -0.1) is 0 Å². The molecule has 0 aliphatic carbocycles. The van der Waals surface area contributed by atoms with E-state index in [4.69, 9.17) is 27.9 Å². The Hall–Kier alpha value is -2.17. The van der Waals surface area contributed by atoms with Crippen molar-refractivity contribution in [2.75, 3.05) is 25.5 Å². The van der Waals surface area contributed by atoms with Gasteiger partial charge in [0, 0.05) is 34.5 Å². The zero-order valence-electron chi connectivity index (χ0n) is 22.0. The summed E-state index contributed by atoms with van der Waals surface area (Å²) in [5.41, 5.74) is 0.373. The fourth-order valence-electron chi connectivity index (χ4n) is 5.64. The van der Waals surface area contributed by atoms with Crippen LogP contribution in [0, 0.1) is 11.3 Å². The summed E-state index contributed by atoms with van der Waals surface area (Å²) in [5, 5.41) is 10.8. The second-order valence-corrected chi connectivity index (χ2v) is 13.5. The average Bonchev–Trinajstić information content (AvgIpc) is 2.83. The maximum absolute atomic E-state index is 14.3. The van der Waals surface area contributed by atoms with Crippen molar-refractivity contribution in [3.05, 3.63) is 69.7 Å². The quantitative estimate of drug-likeness (QED) is 0.382. The van der Waals surface area contributed by atoms with Crippen LogP contribution in [0.4, 0.5) is 0 Å². The first-order chi connectivity index (χ1) is 18.4. The standard InChI is InChI=1S/C28H34Cl2N2O6S/c1-3-23(17-39(36,37)31-14-18-15-38-16-18)32-26(19-7-9-21(29)10-8-19)24(20-5-4-6-22(30)11-20)12-28(2,27(32)35)13-25(33)34/h4-11,18,23-24,26,31H,3,12-17H2,1-2H3,(H,33,34)/t23-,24+,26+,28-/m0/s1. The normalized spacial score (nSPS) is 24.8. The molecule has 4 rings (SSSR count). The van der Waals surface area contributed by atoms with Crippen LogP contribution in [-0.2, 0) is 24.3 Å². The van der Waals surface area contributed by atoms with E-state index in [1.165, 1.54) is 0 Å². The SMILES string of the molecule is CC[C@@H](CS(=O)(=O)NCC1COC1)N1C(=O)[C@](C)(CC(=O)O)C[C@H](c2cccc(Cl)c2)[C@H]1c1ccc(Cl)cc1. The lowest BCUT2D eigenvalue weighted by Gasteiger charge is -2.51. The molecule has 2 heterocycles. The third-order valence-electron chi connectivity index (χ3n) is 7.71. The fourth-order valence-corrected chi connectivity index (χ4v) is 7.47. The van der Waals surface area contributed by atoms with Gasteiger partial charge >= 0.3 is 5.97 Å². The lowest BCUT2D eigenvalue weighted by atomic mass is 9.67. The Morgan fingerprint density at radius 2 is 1.85 bits per heavy atom. The number of carboxylic acids is 1. The number of hydrogen-bond acceptors (Lipinski definition) is 5. The highest BCUT2D eigenvalue weighted by molar-refractivity contribution is 7.89. The Morgan fingerprint density at radius 1 is 1.15 bits per heavy atom. The first-order valence-corrected chi connectivity index (χ1v) is 15.4. The van der Waals surface area contributed by atoms with Gasteiger partial charge in [0.25, 0.3) is 0 Å². The average molecular weight is 598 g/mol. The lowest BCUT2D eigenvalue weighted by molar-refractivity contribution is -0.160. The zero-order chi connectivity index (χ0) is 28.4. The highest BCUT2D eigenvalue weighted by Crippen LogP contribution is 2.52. The summed E-state index contributed by atoms with van der Waals surface area (Å²) in [6, 6.07) is 13.2. The molecule has 2 saturated heterocycles. The van der Waals surface area contributed by atoms with Gasteiger partial charge in [0.15, 0.2) is 0 Å². The molecular weight excluding hydrogens is 563 g/mol. The van der Waals surface area contributed by atoms with E-state index < -0.39 is 33.5 Å². The summed E-state index contributed by atoms with van der Waals surface area (Å²) in [5.74, 6) is -1.99. The van der Waals surface area contributed by atoms with Gasteiger partial charge in [-0.25, -0.2) is 13.1 Å². The molecule has 2 fully saturated rings. The van der Waals surface area contributed by atoms with Crippen molar-refractivity contribution in [1.82, 2.24) is 9.62 Å². The molecule has 1 amide bonds. The number of benzene rings is 2. The molecule has 2 N–H and O–H groups in total. The van der Waals surface area contributed by atoms with Crippen LogP contribution in [0.3, 0.4) is 0 Å². The number of aliphatic carboxylic acids is 1. The number of carboxylic acid groups (broad SMARTS) is 1. The molecular formula is C28H34Cl2N2O6S. The van der Waals surface area contributed by atoms with Crippen LogP contribution in [0.1, 0.15) is 56.2 Å². The van der Waals surface area contributed by atoms with Crippen LogP contribution >= 0.6 is 23.2 Å². The summed E-state index contributed by atoms with van der Waals surface area (Å²) in [7, 11) is -3.76. The van der Waals surface area contributed by atoms with Crippen LogP contribution in [0.15, 0.2) is 48.5 Å². The largest absolute Gasteiger partial charge is 0.481 e. The molecule has 4 atom stereocenters. The Morgan fingerprint density at radius 3 is 2.41 bits per heavy atom. The summed E-state index contributed by atoms with van der Waals surface area (Å²) in [6.45, 7) is 4.79. The number of sulfonamides is 1. The van der Waals surface area contributed by atoms with Gasteiger partial charge in [-0.05, 0) is 48.2 Å². The highest BCUT2D eigenvalue weighted by Gasteiger charge is 2.52. The van der Waals surface area contributed by atoms with Crippen LogP contribution in [-0.4, -0.2) is 61.9 Å². The van der Waals surface area contributed by atoms with Crippen molar-refractivity contribution < 1.29 is 27.9 Å². The number of carbonyl (C=O) groups is 2. The van der Waals surface area contributed by atoms with Gasteiger partial charge in [0.2, 0.25) is 15.9 Å². The number of amides is 1. The van der Waals surface area contributed by atoms with Gasteiger partial charge in [-0.3, -0.25) is 9.59 Å². The maximum Gasteiger partial charge on any atom is 0.304 e. The van der Waals surface area contributed by atoms with E-state index in [9.17, 15) is 23.1 Å². The predicted octanol–water partition coefficient (Wildman–Crippen LogP) is 4.88. The smallest absolute Gasteiger partial charge is 0.304 e. The first kappa shape index (κ1) is 29.8. The summed E-state index contributed by atoms with van der Waals surface area (Å²) in [4.78, 5) is 27.8. The van der Waals surface area contributed by atoms with E-state index in [-0.39, 0.29) is 42.9 Å². The van der Waals surface area contributed by atoms with Crippen molar-refractivity contribution in [2.24, 2.45) is 11.3 Å². The van der Waals surface area contributed by atoms with Crippen LogP contribution in [0.2, 0.25) is 10.0 Å². The van der Waals surface area contributed by atoms with Gasteiger partial charge in [0.1, 0.15) is 0 Å². The summed E-state index contributed by atoms with van der Waals surface area (Å²) in [6.07, 6.45) is 0.232. The minimum absolute atomic E-state index is 0.129. The number of ether oxygens (including phenoxy) is 1. The number of nitrogens with zero attached hydrogens (tertiary/aromatic N) is 1. The van der Waals surface area contributed by atoms with Crippen molar-refractivity contribution in [3.63, 3.8) is 0 Å². The van der Waals surface area contributed by atoms with Crippen LogP contribution in [0.25, 0.3) is 0 Å². The van der Waals surface area contributed by atoms with Crippen molar-refractivity contribution in [2.45, 2.75) is 51.1 Å². The number of piperidine rings is 1. The van der Waals surface area contributed by atoms with Gasteiger partial charge in [-0.2, -0.15) is 0 Å². The van der Waals surface area contributed by atoms with Gasteiger partial charge < -0.3 is 14.7 Å². The van der Waals surface area contributed by atoms with E-state index in [0.29, 0.717) is 29.7 Å². The van der Waals surface area contributed by atoms with E-state index in [1.807, 2.05) is 37.3 Å². The predicted molar refractivity (Wildman–Crippen MR) is 150 cm³/mol. The first-order valence-electron chi connectivity index (χ1n) is 13.0. The minimum Gasteiger partial charge on any atom is -0.481 e. The van der Waals surface area contributed by atoms with E-state index in [1.54, 1.807) is 30.0 Å². The number of likely N-dealkylation sites (tertiary alicyclic amines) is 1. The third kappa shape index (κ3) is 6.95. The second-order valence-electron chi connectivity index (χ2n) is 10.8. The Kier molecular flexibility index (Phi) is 9.28. The molecule has 212 valence electrons. The number of carbonyl (C=O) groups excluding carboxylic acids is 1. The Labute approximate surface area is 239 Å². The molecule has 0 spiro atoms. The molecule has 2 aromatic carbocycles. The molecule has 0 unspecified atom stereocenters. The van der Waals surface area contributed by atoms with Crippen LogP contribution < -0.4 is 4.72 Å². The number of nitrogens with one attached hydrogen (secondary N) is 1. The molecule has 2 aromatic rings. The molecule has 0 aromatic heterocycles. The number of rotatable bonds is 11. The lowest BCUT2D eigenvalue weighted by Crippen LogP contribution is -2.58. The van der Waals surface area contributed by atoms with E-state index in [0.717, 1.165) is 11.1 Å². The molecule has 39 heavy (non-hydrogen) atoms. The zero-order valence-corrected chi connectivity index (χ0v) is 24.3. The van der Waals surface area contributed by atoms with Crippen molar-refractivity contribution in [1.29, 1.82) is 0 Å².